The van der Waals surface area contributed by atoms with E-state index in [1.54, 1.807) is 13.2 Å². The third kappa shape index (κ3) is 2.60. The normalized spacial score (nSPS) is 12.4. The summed E-state index contributed by atoms with van der Waals surface area (Å²) in [5.74, 6) is 2.06. The highest BCUT2D eigenvalue weighted by Crippen LogP contribution is 2.34. The monoisotopic (exact) mass is 310 g/mol. The number of aliphatic hydroxyl groups excluding tert-OH is 1. The Morgan fingerprint density at radius 2 is 2.11 bits per heavy atom. The van der Waals surface area contributed by atoms with Gasteiger partial charge in [0.1, 0.15) is 23.4 Å². The van der Waals surface area contributed by atoms with Crippen LogP contribution in [0.2, 0.25) is 0 Å². The van der Waals surface area contributed by atoms with E-state index in [4.69, 9.17) is 9.15 Å². The minimum atomic E-state index is -0.553. The molecule has 0 bridgehead atoms. The van der Waals surface area contributed by atoms with Gasteiger partial charge in [-0.05, 0) is 36.8 Å². The minimum Gasteiger partial charge on any atom is -0.497 e. The summed E-state index contributed by atoms with van der Waals surface area (Å²) in [6, 6.07) is 9.33. The van der Waals surface area contributed by atoms with E-state index in [9.17, 15) is 5.11 Å². The first-order chi connectivity index (χ1) is 8.65. The molecule has 0 radical (unpaired) electrons. The number of furan rings is 1. The van der Waals surface area contributed by atoms with Crippen LogP contribution in [0.15, 0.2) is 39.2 Å². The zero-order valence-corrected chi connectivity index (χ0v) is 11.9. The maximum Gasteiger partial charge on any atom is 0.135 e. The third-order valence-corrected chi connectivity index (χ3v) is 3.47. The molecular weight excluding hydrogens is 296 g/mol. The predicted molar refractivity (Wildman–Crippen MR) is 73.6 cm³/mol. The smallest absolute Gasteiger partial charge is 0.135 e. The topological polar surface area (TPSA) is 42.6 Å². The molecule has 0 spiro atoms. The van der Waals surface area contributed by atoms with Crippen molar-refractivity contribution in [2.24, 2.45) is 0 Å². The predicted octanol–water partition coefficient (Wildman–Crippen LogP) is 4.16. The van der Waals surface area contributed by atoms with E-state index in [0.717, 1.165) is 15.8 Å². The van der Waals surface area contributed by atoms with Crippen molar-refractivity contribution < 1.29 is 14.3 Å². The van der Waals surface area contributed by atoms with Gasteiger partial charge >= 0.3 is 0 Å². The highest BCUT2D eigenvalue weighted by Gasteiger charge is 2.13. The zero-order valence-electron chi connectivity index (χ0n) is 10.3. The first-order valence-electron chi connectivity index (χ1n) is 5.77. The van der Waals surface area contributed by atoms with Crippen LogP contribution >= 0.6 is 15.9 Å². The summed E-state index contributed by atoms with van der Waals surface area (Å²) < 4.78 is 11.8. The van der Waals surface area contributed by atoms with Crippen molar-refractivity contribution >= 4 is 15.9 Å². The number of ether oxygens (including phenoxy) is 1. The molecule has 2 aromatic rings. The van der Waals surface area contributed by atoms with Gasteiger partial charge in [0.25, 0.3) is 0 Å². The van der Waals surface area contributed by atoms with E-state index in [-0.39, 0.29) is 0 Å². The van der Waals surface area contributed by atoms with Crippen molar-refractivity contribution in [2.75, 3.05) is 7.11 Å². The van der Waals surface area contributed by atoms with Crippen LogP contribution in [0.5, 0.6) is 5.75 Å². The van der Waals surface area contributed by atoms with Crippen molar-refractivity contribution in [3.05, 3.63) is 40.6 Å². The molecule has 0 saturated carbocycles. The molecule has 1 N–H and O–H groups in total. The molecule has 0 saturated heterocycles. The number of methoxy groups -OCH3 is 1. The molecule has 0 fully saturated rings. The zero-order chi connectivity index (χ0) is 13.1. The van der Waals surface area contributed by atoms with Crippen LogP contribution in [-0.4, -0.2) is 12.2 Å². The first kappa shape index (κ1) is 13.2. The van der Waals surface area contributed by atoms with Crippen molar-refractivity contribution in [2.45, 2.75) is 19.4 Å². The van der Waals surface area contributed by atoms with Crippen LogP contribution in [0.4, 0.5) is 0 Å². The molecule has 1 atom stereocenters. The molecule has 4 heteroatoms. The Labute approximate surface area is 115 Å². The number of hydrogen-bond acceptors (Lipinski definition) is 3. The first-order valence-corrected chi connectivity index (χ1v) is 6.56. The van der Waals surface area contributed by atoms with Gasteiger partial charge in [-0.15, -0.1) is 0 Å². The van der Waals surface area contributed by atoms with Crippen molar-refractivity contribution in [3.8, 4) is 17.1 Å². The number of halogens is 1. The molecule has 0 aliphatic carbocycles. The summed E-state index contributed by atoms with van der Waals surface area (Å²) in [5.41, 5.74) is 0.906. The lowest BCUT2D eigenvalue weighted by Gasteiger charge is -2.06. The van der Waals surface area contributed by atoms with Gasteiger partial charge in [0.2, 0.25) is 0 Å². The SMILES string of the molecule is CCC(O)c1ccc(-c2cc(OC)ccc2Br)o1. The van der Waals surface area contributed by atoms with E-state index in [1.807, 2.05) is 31.2 Å². The molecule has 0 aliphatic rings. The van der Waals surface area contributed by atoms with Gasteiger partial charge in [-0.3, -0.25) is 0 Å². The molecule has 18 heavy (non-hydrogen) atoms. The molecule has 2 rings (SSSR count). The minimum absolute atomic E-state index is 0.553. The van der Waals surface area contributed by atoms with Gasteiger partial charge in [0.15, 0.2) is 0 Å². The number of aliphatic hydroxyl groups is 1. The van der Waals surface area contributed by atoms with E-state index >= 15 is 0 Å². The molecule has 96 valence electrons. The quantitative estimate of drug-likeness (QED) is 0.922. The Kier molecular flexibility index (Phi) is 4.09. The fourth-order valence-electron chi connectivity index (χ4n) is 1.70. The van der Waals surface area contributed by atoms with Crippen LogP contribution in [0.25, 0.3) is 11.3 Å². The van der Waals surface area contributed by atoms with Gasteiger partial charge in [-0.2, -0.15) is 0 Å². The molecule has 1 aromatic carbocycles. The summed E-state index contributed by atoms with van der Waals surface area (Å²) >= 11 is 3.48. The second kappa shape index (κ2) is 5.59. The lowest BCUT2D eigenvalue weighted by molar-refractivity contribution is 0.147. The Hall–Kier alpha value is -1.26. The van der Waals surface area contributed by atoms with Crippen molar-refractivity contribution in [3.63, 3.8) is 0 Å². The van der Waals surface area contributed by atoms with Crippen molar-refractivity contribution in [1.82, 2.24) is 0 Å². The summed E-state index contributed by atoms with van der Waals surface area (Å²) in [7, 11) is 1.63. The summed E-state index contributed by atoms with van der Waals surface area (Å²) in [6.07, 6.45) is 0.0785. The standard InChI is InChI=1S/C14H15BrO3/c1-3-12(16)14-7-6-13(18-14)10-8-9(17-2)4-5-11(10)15/h4-8,12,16H,3H2,1-2H3. The van der Waals surface area contributed by atoms with Crippen LogP contribution in [0, 0.1) is 0 Å². The number of benzene rings is 1. The summed E-state index contributed by atoms with van der Waals surface area (Å²) in [5, 5.41) is 9.73. The van der Waals surface area contributed by atoms with Crippen LogP contribution in [0.3, 0.4) is 0 Å². The van der Waals surface area contributed by atoms with Crippen molar-refractivity contribution in [1.29, 1.82) is 0 Å². The maximum atomic E-state index is 9.73. The molecule has 1 unspecified atom stereocenters. The fraction of sp³-hybridized carbons (Fsp3) is 0.286. The van der Waals surface area contributed by atoms with E-state index in [1.165, 1.54) is 0 Å². The van der Waals surface area contributed by atoms with E-state index < -0.39 is 6.10 Å². The highest BCUT2D eigenvalue weighted by atomic mass is 79.9. The summed E-state index contributed by atoms with van der Waals surface area (Å²) in [4.78, 5) is 0. The Balaban J connectivity index is 2.39. The van der Waals surface area contributed by atoms with Gasteiger partial charge < -0.3 is 14.3 Å². The average molecular weight is 311 g/mol. The molecule has 1 heterocycles. The number of hydrogen-bond donors (Lipinski definition) is 1. The fourth-order valence-corrected chi connectivity index (χ4v) is 2.14. The van der Waals surface area contributed by atoms with Gasteiger partial charge in [0.05, 0.1) is 7.11 Å². The molecular formula is C14H15BrO3. The van der Waals surface area contributed by atoms with Gasteiger partial charge in [-0.25, -0.2) is 0 Å². The van der Waals surface area contributed by atoms with E-state index in [0.29, 0.717) is 17.9 Å². The van der Waals surface area contributed by atoms with E-state index in [2.05, 4.69) is 15.9 Å². The summed E-state index contributed by atoms with van der Waals surface area (Å²) in [6.45, 7) is 1.91. The number of rotatable bonds is 4. The molecule has 0 aliphatic heterocycles. The molecule has 3 nitrogen and oxygen atoms in total. The Morgan fingerprint density at radius 1 is 1.33 bits per heavy atom. The Bertz CT molecular complexity index is 534. The second-order valence-corrected chi connectivity index (χ2v) is 4.83. The van der Waals surface area contributed by atoms with Crippen LogP contribution < -0.4 is 4.74 Å². The molecule has 0 amide bonds. The lowest BCUT2D eigenvalue weighted by atomic mass is 10.1. The van der Waals surface area contributed by atoms with Gasteiger partial charge in [-0.1, -0.05) is 22.9 Å². The molecule has 1 aromatic heterocycles. The average Bonchev–Trinajstić information content (AvgIpc) is 2.88. The second-order valence-electron chi connectivity index (χ2n) is 3.97. The maximum absolute atomic E-state index is 9.73. The largest absolute Gasteiger partial charge is 0.497 e. The third-order valence-electron chi connectivity index (χ3n) is 2.78. The highest BCUT2D eigenvalue weighted by molar-refractivity contribution is 9.10. The Morgan fingerprint density at radius 3 is 2.78 bits per heavy atom. The lowest BCUT2D eigenvalue weighted by Crippen LogP contribution is -1.91. The van der Waals surface area contributed by atoms with Crippen LogP contribution in [-0.2, 0) is 0 Å². The van der Waals surface area contributed by atoms with Crippen LogP contribution in [0.1, 0.15) is 25.2 Å². The van der Waals surface area contributed by atoms with Gasteiger partial charge in [0, 0.05) is 10.0 Å².